The first kappa shape index (κ1) is 19.5. The zero-order valence-corrected chi connectivity index (χ0v) is 17.1. The molecule has 2 nitrogen and oxygen atoms in total. The number of hydrogen-bond acceptors (Lipinski definition) is 2. The Morgan fingerprint density at radius 1 is 0.393 bits per heavy atom. The molecular weight excluding hydrogens is 340 g/mol. The summed E-state index contributed by atoms with van der Waals surface area (Å²) >= 11 is 0. The van der Waals surface area contributed by atoms with Crippen molar-refractivity contribution in [2.45, 2.75) is 0 Å². The lowest BCUT2D eigenvalue weighted by atomic mass is 10.1. The molecule has 2 heteroatoms. The molecule has 0 aliphatic rings. The SMILES string of the molecule is CN(C)c1ccc(/C=C/c2ccc(/C=C/c3ccc(N(C)C)cc3)cc2)cc1. The van der Waals surface area contributed by atoms with Crippen molar-refractivity contribution in [2.75, 3.05) is 38.0 Å². The highest BCUT2D eigenvalue weighted by Crippen LogP contribution is 2.17. The summed E-state index contributed by atoms with van der Waals surface area (Å²) in [6.07, 6.45) is 8.60. The molecule has 0 N–H and O–H groups in total. The van der Waals surface area contributed by atoms with Gasteiger partial charge in [-0.2, -0.15) is 0 Å². The molecule has 3 aromatic carbocycles. The van der Waals surface area contributed by atoms with Gasteiger partial charge in [-0.25, -0.2) is 0 Å². The summed E-state index contributed by atoms with van der Waals surface area (Å²) in [6.45, 7) is 0. The minimum Gasteiger partial charge on any atom is -0.378 e. The third kappa shape index (κ3) is 5.37. The molecule has 0 fully saturated rings. The Morgan fingerprint density at radius 2 is 0.607 bits per heavy atom. The summed E-state index contributed by atoms with van der Waals surface area (Å²) in [5, 5.41) is 0. The molecule has 0 heterocycles. The molecule has 3 aromatic rings. The van der Waals surface area contributed by atoms with Gasteiger partial charge >= 0.3 is 0 Å². The van der Waals surface area contributed by atoms with Gasteiger partial charge < -0.3 is 9.80 Å². The summed E-state index contributed by atoms with van der Waals surface area (Å²) < 4.78 is 0. The van der Waals surface area contributed by atoms with Crippen LogP contribution in [0, 0.1) is 0 Å². The fraction of sp³-hybridized carbons (Fsp3) is 0.154. The Bertz CT molecular complexity index is 849. The van der Waals surface area contributed by atoms with Crippen LogP contribution in [0.3, 0.4) is 0 Å². The number of nitrogens with zero attached hydrogens (tertiary/aromatic N) is 2. The summed E-state index contributed by atoms with van der Waals surface area (Å²) in [6, 6.07) is 25.7. The molecule has 0 bridgehead atoms. The van der Waals surface area contributed by atoms with Crippen molar-refractivity contribution in [3.05, 3.63) is 95.1 Å². The fourth-order valence-corrected chi connectivity index (χ4v) is 2.87. The van der Waals surface area contributed by atoms with Gasteiger partial charge in [0.25, 0.3) is 0 Å². The third-order valence-electron chi connectivity index (χ3n) is 4.69. The van der Waals surface area contributed by atoms with Crippen LogP contribution in [0.1, 0.15) is 22.3 Å². The Hall–Kier alpha value is -3.26. The highest BCUT2D eigenvalue weighted by molar-refractivity contribution is 5.73. The smallest absolute Gasteiger partial charge is 0.0361 e. The Labute approximate surface area is 169 Å². The minimum absolute atomic E-state index is 1.20. The van der Waals surface area contributed by atoms with Gasteiger partial charge in [0.1, 0.15) is 0 Å². The molecular formula is C26H28N2. The lowest BCUT2D eigenvalue weighted by Gasteiger charge is -2.11. The van der Waals surface area contributed by atoms with Crippen LogP contribution < -0.4 is 9.80 Å². The molecule has 0 aliphatic carbocycles. The van der Waals surface area contributed by atoms with Crippen LogP contribution in [0.4, 0.5) is 11.4 Å². The molecule has 0 aromatic heterocycles. The van der Waals surface area contributed by atoms with Crippen LogP contribution in [-0.4, -0.2) is 28.2 Å². The molecule has 3 rings (SSSR count). The van der Waals surface area contributed by atoms with Crippen molar-refractivity contribution in [1.29, 1.82) is 0 Å². The topological polar surface area (TPSA) is 6.48 Å². The van der Waals surface area contributed by atoms with Crippen molar-refractivity contribution in [3.8, 4) is 0 Å². The largest absolute Gasteiger partial charge is 0.378 e. The standard InChI is InChI=1S/C26H28N2/c1-27(2)25-17-13-23(14-18-25)11-9-21-5-7-22(8-6-21)10-12-24-15-19-26(20-16-24)28(3)4/h5-20H,1-4H3/b11-9+,12-10+. The van der Waals surface area contributed by atoms with Crippen LogP contribution in [-0.2, 0) is 0 Å². The lowest BCUT2D eigenvalue weighted by molar-refractivity contribution is 1.13. The van der Waals surface area contributed by atoms with Gasteiger partial charge in [-0.1, -0.05) is 72.8 Å². The molecule has 0 amide bonds. The quantitative estimate of drug-likeness (QED) is 0.481. The first-order chi connectivity index (χ1) is 13.5. The first-order valence-corrected chi connectivity index (χ1v) is 9.52. The van der Waals surface area contributed by atoms with Gasteiger partial charge in [0.2, 0.25) is 0 Å². The van der Waals surface area contributed by atoms with E-state index in [2.05, 4.69) is 135 Å². The molecule has 0 unspecified atom stereocenters. The fourth-order valence-electron chi connectivity index (χ4n) is 2.87. The van der Waals surface area contributed by atoms with Crippen molar-refractivity contribution in [1.82, 2.24) is 0 Å². The van der Waals surface area contributed by atoms with E-state index in [1.807, 2.05) is 0 Å². The van der Waals surface area contributed by atoms with Crippen LogP contribution in [0.5, 0.6) is 0 Å². The van der Waals surface area contributed by atoms with Gasteiger partial charge in [0.05, 0.1) is 0 Å². The number of rotatable bonds is 6. The summed E-state index contributed by atoms with van der Waals surface area (Å²) in [5.74, 6) is 0. The van der Waals surface area contributed by atoms with Gasteiger partial charge in [0.15, 0.2) is 0 Å². The zero-order valence-electron chi connectivity index (χ0n) is 17.1. The second-order valence-electron chi connectivity index (χ2n) is 7.31. The Balaban J connectivity index is 1.62. The van der Waals surface area contributed by atoms with Gasteiger partial charge in [-0.15, -0.1) is 0 Å². The van der Waals surface area contributed by atoms with E-state index in [0.29, 0.717) is 0 Å². The maximum atomic E-state index is 2.15. The predicted octanol–water partition coefficient (Wildman–Crippen LogP) is 6.16. The van der Waals surface area contributed by atoms with Crippen molar-refractivity contribution >= 4 is 35.7 Å². The van der Waals surface area contributed by atoms with E-state index in [1.165, 1.54) is 33.6 Å². The second-order valence-corrected chi connectivity index (χ2v) is 7.31. The van der Waals surface area contributed by atoms with Crippen LogP contribution in [0.25, 0.3) is 24.3 Å². The highest BCUT2D eigenvalue weighted by atomic mass is 15.1. The molecule has 142 valence electrons. The van der Waals surface area contributed by atoms with E-state index < -0.39 is 0 Å². The van der Waals surface area contributed by atoms with Gasteiger partial charge in [0, 0.05) is 39.6 Å². The van der Waals surface area contributed by atoms with E-state index in [0.717, 1.165) is 0 Å². The van der Waals surface area contributed by atoms with Crippen LogP contribution >= 0.6 is 0 Å². The number of benzene rings is 3. The Kier molecular flexibility index (Phi) is 6.33. The zero-order chi connectivity index (χ0) is 19.9. The molecule has 0 radical (unpaired) electrons. The highest BCUT2D eigenvalue weighted by Gasteiger charge is 1.95. The molecule has 0 atom stereocenters. The lowest BCUT2D eigenvalue weighted by Crippen LogP contribution is -2.07. The predicted molar refractivity (Wildman–Crippen MR) is 126 cm³/mol. The summed E-state index contributed by atoms with van der Waals surface area (Å²) in [7, 11) is 8.22. The van der Waals surface area contributed by atoms with Crippen molar-refractivity contribution in [2.24, 2.45) is 0 Å². The second kappa shape index (κ2) is 9.09. The minimum atomic E-state index is 1.20. The summed E-state index contributed by atoms with van der Waals surface area (Å²) in [5.41, 5.74) is 7.23. The first-order valence-electron chi connectivity index (χ1n) is 9.52. The number of anilines is 2. The monoisotopic (exact) mass is 368 g/mol. The average molecular weight is 369 g/mol. The van der Waals surface area contributed by atoms with E-state index in [4.69, 9.17) is 0 Å². The molecule has 0 saturated carbocycles. The molecule has 28 heavy (non-hydrogen) atoms. The van der Waals surface area contributed by atoms with Crippen molar-refractivity contribution < 1.29 is 0 Å². The Morgan fingerprint density at radius 3 is 0.821 bits per heavy atom. The average Bonchev–Trinajstić information content (AvgIpc) is 2.72. The number of hydrogen-bond donors (Lipinski definition) is 0. The third-order valence-corrected chi connectivity index (χ3v) is 4.69. The van der Waals surface area contributed by atoms with E-state index >= 15 is 0 Å². The summed E-state index contributed by atoms with van der Waals surface area (Å²) in [4.78, 5) is 4.21. The molecule has 0 spiro atoms. The van der Waals surface area contributed by atoms with E-state index in [-0.39, 0.29) is 0 Å². The van der Waals surface area contributed by atoms with Gasteiger partial charge in [-0.3, -0.25) is 0 Å². The van der Waals surface area contributed by atoms with Crippen LogP contribution in [0.2, 0.25) is 0 Å². The molecule has 0 aliphatic heterocycles. The normalized spacial score (nSPS) is 11.3. The molecule has 0 saturated heterocycles. The van der Waals surface area contributed by atoms with Crippen LogP contribution in [0.15, 0.2) is 72.8 Å². The maximum absolute atomic E-state index is 2.15. The maximum Gasteiger partial charge on any atom is 0.0361 e. The van der Waals surface area contributed by atoms with E-state index in [1.54, 1.807) is 0 Å². The van der Waals surface area contributed by atoms with E-state index in [9.17, 15) is 0 Å². The van der Waals surface area contributed by atoms with Gasteiger partial charge in [-0.05, 0) is 46.5 Å². The van der Waals surface area contributed by atoms with Crippen molar-refractivity contribution in [3.63, 3.8) is 0 Å².